The van der Waals surface area contributed by atoms with Gasteiger partial charge in [0.05, 0.1) is 12.3 Å². The minimum absolute atomic E-state index is 0.113. The standard InChI is InChI=1S/C16H22N2O2/c1-18-8-6-12-10-16(19)17-14-4-2-3-5-15(14)20-9-7-13(12)11-18/h2-5,12-13H,6-11H2,1H3,(H,17,19)/t12-,13-/m0/s1. The average Bonchev–Trinajstić information content (AvgIpc) is 2.43. The molecule has 108 valence electrons. The number of hydrogen-bond acceptors (Lipinski definition) is 3. The first-order valence-electron chi connectivity index (χ1n) is 7.42. The van der Waals surface area contributed by atoms with Gasteiger partial charge in [-0.1, -0.05) is 12.1 Å². The van der Waals surface area contributed by atoms with Gasteiger partial charge in [0.15, 0.2) is 0 Å². The van der Waals surface area contributed by atoms with E-state index in [9.17, 15) is 4.79 Å². The molecule has 0 spiro atoms. The van der Waals surface area contributed by atoms with Crippen LogP contribution in [0.4, 0.5) is 5.69 Å². The van der Waals surface area contributed by atoms with E-state index in [0.717, 1.165) is 44.0 Å². The fourth-order valence-corrected chi connectivity index (χ4v) is 3.31. The SMILES string of the molecule is CN1CC[C@H]2CC(=O)Nc3ccccc3OCC[C@H]2C1. The summed E-state index contributed by atoms with van der Waals surface area (Å²) >= 11 is 0. The van der Waals surface area contributed by atoms with Crippen LogP contribution in [0.1, 0.15) is 19.3 Å². The van der Waals surface area contributed by atoms with E-state index >= 15 is 0 Å². The lowest BCUT2D eigenvalue weighted by Crippen LogP contribution is -2.40. The van der Waals surface area contributed by atoms with Gasteiger partial charge >= 0.3 is 0 Å². The molecule has 2 aliphatic heterocycles. The molecule has 2 aliphatic rings. The van der Waals surface area contributed by atoms with Gasteiger partial charge in [0.25, 0.3) is 0 Å². The highest BCUT2D eigenvalue weighted by atomic mass is 16.5. The predicted octanol–water partition coefficient (Wildman–Crippen LogP) is 2.37. The van der Waals surface area contributed by atoms with Crippen LogP contribution >= 0.6 is 0 Å². The number of carbonyl (C=O) groups is 1. The first kappa shape index (κ1) is 13.4. The van der Waals surface area contributed by atoms with E-state index in [4.69, 9.17) is 4.74 Å². The van der Waals surface area contributed by atoms with Gasteiger partial charge < -0.3 is 15.0 Å². The second-order valence-electron chi connectivity index (χ2n) is 5.96. The first-order valence-corrected chi connectivity index (χ1v) is 7.42. The molecular formula is C16H22N2O2. The van der Waals surface area contributed by atoms with Gasteiger partial charge in [-0.05, 0) is 50.4 Å². The largest absolute Gasteiger partial charge is 0.491 e. The lowest BCUT2D eigenvalue weighted by atomic mass is 9.81. The number of hydrogen-bond donors (Lipinski definition) is 1. The van der Waals surface area contributed by atoms with E-state index in [1.807, 2.05) is 24.3 Å². The molecule has 0 unspecified atom stereocenters. The number of carbonyl (C=O) groups excluding carboxylic acids is 1. The third-order valence-electron chi connectivity index (χ3n) is 4.45. The topological polar surface area (TPSA) is 41.6 Å². The number of para-hydroxylation sites is 2. The van der Waals surface area contributed by atoms with Crippen LogP contribution in [0, 0.1) is 11.8 Å². The Kier molecular flexibility index (Phi) is 3.92. The predicted molar refractivity (Wildman–Crippen MR) is 78.9 cm³/mol. The van der Waals surface area contributed by atoms with E-state index in [0.29, 0.717) is 18.3 Å². The van der Waals surface area contributed by atoms with Crippen LogP contribution in [-0.4, -0.2) is 37.6 Å². The molecule has 1 aromatic rings. The third kappa shape index (κ3) is 2.96. The summed E-state index contributed by atoms with van der Waals surface area (Å²) in [5, 5.41) is 3.00. The van der Waals surface area contributed by atoms with E-state index in [2.05, 4.69) is 17.3 Å². The van der Waals surface area contributed by atoms with Crippen molar-refractivity contribution >= 4 is 11.6 Å². The lowest BCUT2D eigenvalue weighted by Gasteiger charge is -2.37. The molecule has 1 aromatic carbocycles. The number of nitrogens with one attached hydrogen (secondary N) is 1. The highest BCUT2D eigenvalue weighted by molar-refractivity contribution is 5.92. The zero-order valence-corrected chi connectivity index (χ0v) is 12.0. The number of nitrogens with zero attached hydrogens (tertiary/aromatic N) is 1. The first-order chi connectivity index (χ1) is 9.72. The highest BCUT2D eigenvalue weighted by Gasteiger charge is 2.30. The third-order valence-corrected chi connectivity index (χ3v) is 4.45. The maximum atomic E-state index is 12.2. The summed E-state index contributed by atoms with van der Waals surface area (Å²) in [6.45, 7) is 2.89. The molecule has 0 aromatic heterocycles. The van der Waals surface area contributed by atoms with Gasteiger partial charge in [-0.3, -0.25) is 4.79 Å². The van der Waals surface area contributed by atoms with Crippen LogP contribution in [0.2, 0.25) is 0 Å². The van der Waals surface area contributed by atoms with E-state index in [1.165, 1.54) is 0 Å². The number of rotatable bonds is 0. The normalized spacial score (nSPS) is 27.8. The molecule has 1 saturated heterocycles. The number of amides is 1. The molecule has 1 fully saturated rings. The number of fused-ring (bicyclic) bond motifs is 2. The fourth-order valence-electron chi connectivity index (χ4n) is 3.31. The van der Waals surface area contributed by atoms with Crippen LogP contribution < -0.4 is 10.1 Å². The number of anilines is 1. The summed E-state index contributed by atoms with van der Waals surface area (Å²) < 4.78 is 5.86. The molecule has 2 atom stereocenters. The summed E-state index contributed by atoms with van der Waals surface area (Å²) in [7, 11) is 2.16. The van der Waals surface area contributed by atoms with Crippen LogP contribution in [0.25, 0.3) is 0 Å². The van der Waals surface area contributed by atoms with Crippen molar-refractivity contribution < 1.29 is 9.53 Å². The Morgan fingerprint density at radius 2 is 2.10 bits per heavy atom. The molecule has 2 heterocycles. The van der Waals surface area contributed by atoms with E-state index < -0.39 is 0 Å². The van der Waals surface area contributed by atoms with Gasteiger partial charge in [-0.25, -0.2) is 0 Å². The molecule has 20 heavy (non-hydrogen) atoms. The summed E-state index contributed by atoms with van der Waals surface area (Å²) in [5.41, 5.74) is 0.795. The number of piperidine rings is 1. The highest BCUT2D eigenvalue weighted by Crippen LogP contribution is 2.32. The van der Waals surface area contributed by atoms with Crippen LogP contribution in [0.5, 0.6) is 5.75 Å². The van der Waals surface area contributed by atoms with Crippen molar-refractivity contribution in [3.05, 3.63) is 24.3 Å². The molecule has 0 saturated carbocycles. The lowest BCUT2D eigenvalue weighted by molar-refractivity contribution is -0.118. The minimum atomic E-state index is 0.113. The van der Waals surface area contributed by atoms with Crippen molar-refractivity contribution in [2.75, 3.05) is 32.1 Å². The Morgan fingerprint density at radius 1 is 1.25 bits per heavy atom. The molecule has 0 radical (unpaired) electrons. The van der Waals surface area contributed by atoms with E-state index in [1.54, 1.807) is 0 Å². The molecule has 0 aliphatic carbocycles. The van der Waals surface area contributed by atoms with E-state index in [-0.39, 0.29) is 5.91 Å². The zero-order valence-electron chi connectivity index (χ0n) is 12.0. The Labute approximate surface area is 120 Å². The monoisotopic (exact) mass is 274 g/mol. The van der Waals surface area contributed by atoms with Crippen molar-refractivity contribution in [2.45, 2.75) is 19.3 Å². The maximum absolute atomic E-state index is 12.2. The number of ether oxygens (including phenoxy) is 1. The summed E-state index contributed by atoms with van der Waals surface area (Å²) in [5.74, 6) is 1.94. The average molecular weight is 274 g/mol. The molecule has 0 bridgehead atoms. The van der Waals surface area contributed by atoms with Crippen molar-refractivity contribution in [2.24, 2.45) is 11.8 Å². The van der Waals surface area contributed by atoms with Crippen molar-refractivity contribution in [3.63, 3.8) is 0 Å². The molecular weight excluding hydrogens is 252 g/mol. The van der Waals surface area contributed by atoms with Crippen molar-refractivity contribution in [1.29, 1.82) is 0 Å². The smallest absolute Gasteiger partial charge is 0.224 e. The van der Waals surface area contributed by atoms with Gasteiger partial charge in [-0.2, -0.15) is 0 Å². The van der Waals surface area contributed by atoms with Crippen LogP contribution in [0.3, 0.4) is 0 Å². The van der Waals surface area contributed by atoms with Crippen LogP contribution in [0.15, 0.2) is 24.3 Å². The maximum Gasteiger partial charge on any atom is 0.224 e. The summed E-state index contributed by atoms with van der Waals surface area (Å²) in [4.78, 5) is 14.6. The zero-order chi connectivity index (χ0) is 13.9. The molecule has 4 nitrogen and oxygen atoms in total. The van der Waals surface area contributed by atoms with Gasteiger partial charge in [-0.15, -0.1) is 0 Å². The number of likely N-dealkylation sites (tertiary alicyclic amines) is 1. The second kappa shape index (κ2) is 5.83. The molecule has 4 heteroatoms. The quantitative estimate of drug-likeness (QED) is 0.789. The minimum Gasteiger partial charge on any atom is -0.491 e. The summed E-state index contributed by atoms with van der Waals surface area (Å²) in [6.07, 6.45) is 2.76. The summed E-state index contributed by atoms with van der Waals surface area (Å²) in [6, 6.07) is 7.68. The Bertz CT molecular complexity index is 489. The Morgan fingerprint density at radius 3 is 3.00 bits per heavy atom. The molecule has 1 amide bonds. The fraction of sp³-hybridized carbons (Fsp3) is 0.562. The van der Waals surface area contributed by atoms with Gasteiger partial charge in [0, 0.05) is 13.0 Å². The molecule has 3 rings (SSSR count). The van der Waals surface area contributed by atoms with Crippen molar-refractivity contribution in [1.82, 2.24) is 4.90 Å². The number of benzene rings is 1. The van der Waals surface area contributed by atoms with Crippen molar-refractivity contribution in [3.8, 4) is 5.75 Å². The Hall–Kier alpha value is -1.55. The van der Waals surface area contributed by atoms with Gasteiger partial charge in [0.2, 0.25) is 5.91 Å². The molecule has 1 N–H and O–H groups in total. The van der Waals surface area contributed by atoms with Gasteiger partial charge in [0.1, 0.15) is 5.75 Å². The second-order valence-corrected chi connectivity index (χ2v) is 5.96. The Balaban J connectivity index is 1.79. The van der Waals surface area contributed by atoms with Crippen LogP contribution in [-0.2, 0) is 4.79 Å².